The van der Waals surface area contributed by atoms with Crippen LogP contribution in [0.3, 0.4) is 0 Å². The van der Waals surface area contributed by atoms with Crippen LogP contribution >= 0.6 is 0 Å². The molecule has 0 aliphatic rings. The van der Waals surface area contributed by atoms with Gasteiger partial charge in [-0.15, -0.1) is 0 Å². The highest BCUT2D eigenvalue weighted by molar-refractivity contribution is 5.94. The fourth-order valence-corrected chi connectivity index (χ4v) is 2.69. The number of pyridine rings is 1. The average Bonchev–Trinajstić information content (AvgIpc) is 2.93. The number of aryl methyl sites for hydroxylation is 2. The van der Waals surface area contributed by atoms with Crippen LogP contribution in [-0.2, 0) is 6.54 Å². The second-order valence-corrected chi connectivity index (χ2v) is 5.91. The van der Waals surface area contributed by atoms with E-state index in [0.717, 1.165) is 22.6 Å². The molecule has 0 N–H and O–H groups in total. The molecule has 0 unspecified atom stereocenters. The number of rotatable bonds is 4. The summed E-state index contributed by atoms with van der Waals surface area (Å²) >= 11 is 0. The normalized spacial score (nSPS) is 10.6. The van der Waals surface area contributed by atoms with Crippen molar-refractivity contribution in [3.05, 3.63) is 77.4 Å². The number of carbonyl (C=O) groups excluding carboxylic acids is 1. The molecule has 0 bridgehead atoms. The first kappa shape index (κ1) is 15.9. The molecule has 0 atom stereocenters. The van der Waals surface area contributed by atoms with Gasteiger partial charge in [-0.3, -0.25) is 9.78 Å². The second kappa shape index (κ2) is 6.66. The molecule has 0 saturated heterocycles. The Hall–Kier alpha value is -2.95. The molecule has 5 heteroatoms. The predicted molar refractivity (Wildman–Crippen MR) is 93.1 cm³/mol. The monoisotopic (exact) mass is 320 g/mol. The predicted octanol–water partition coefficient (Wildman–Crippen LogP) is 3.16. The Labute approximate surface area is 141 Å². The Bertz CT molecular complexity index is 838. The van der Waals surface area contributed by atoms with E-state index in [2.05, 4.69) is 10.1 Å². The number of hydrogen-bond acceptors (Lipinski definition) is 3. The van der Waals surface area contributed by atoms with Gasteiger partial charge in [0.2, 0.25) is 0 Å². The first-order valence-corrected chi connectivity index (χ1v) is 7.82. The van der Waals surface area contributed by atoms with Crippen molar-refractivity contribution in [1.82, 2.24) is 19.7 Å². The third-order valence-electron chi connectivity index (χ3n) is 3.86. The van der Waals surface area contributed by atoms with Gasteiger partial charge in [-0.05, 0) is 55.8 Å². The first-order chi connectivity index (χ1) is 11.5. The fraction of sp³-hybridized carbons (Fsp3) is 0.211. The molecule has 0 aliphatic heterocycles. The summed E-state index contributed by atoms with van der Waals surface area (Å²) in [7, 11) is 1.80. The second-order valence-electron chi connectivity index (χ2n) is 5.91. The number of hydrogen-bond donors (Lipinski definition) is 0. The molecular formula is C19H20N4O. The lowest BCUT2D eigenvalue weighted by Gasteiger charge is -2.17. The van der Waals surface area contributed by atoms with E-state index in [1.807, 2.05) is 61.0 Å². The minimum atomic E-state index is -0.0150. The SMILES string of the molecule is Cc1cc(C)n(-c2ccc(C(=O)N(C)Cc3cccnc3)cc2)n1. The van der Waals surface area contributed by atoms with Crippen molar-refractivity contribution >= 4 is 5.91 Å². The Morgan fingerprint density at radius 3 is 2.50 bits per heavy atom. The molecule has 2 aromatic heterocycles. The van der Waals surface area contributed by atoms with Crippen LogP contribution in [0.2, 0.25) is 0 Å². The van der Waals surface area contributed by atoms with E-state index in [4.69, 9.17) is 0 Å². The van der Waals surface area contributed by atoms with E-state index < -0.39 is 0 Å². The summed E-state index contributed by atoms with van der Waals surface area (Å²) in [6.07, 6.45) is 3.50. The van der Waals surface area contributed by atoms with E-state index in [1.165, 1.54) is 0 Å². The van der Waals surface area contributed by atoms with Crippen LogP contribution in [0.4, 0.5) is 0 Å². The highest BCUT2D eigenvalue weighted by Crippen LogP contribution is 2.14. The highest BCUT2D eigenvalue weighted by atomic mass is 16.2. The van der Waals surface area contributed by atoms with Gasteiger partial charge in [-0.2, -0.15) is 5.10 Å². The molecule has 0 saturated carbocycles. The molecule has 24 heavy (non-hydrogen) atoms. The van der Waals surface area contributed by atoms with Crippen molar-refractivity contribution in [3.8, 4) is 5.69 Å². The van der Waals surface area contributed by atoms with E-state index in [0.29, 0.717) is 12.1 Å². The van der Waals surface area contributed by atoms with Gasteiger partial charge in [0.15, 0.2) is 0 Å². The van der Waals surface area contributed by atoms with Gasteiger partial charge < -0.3 is 4.90 Å². The summed E-state index contributed by atoms with van der Waals surface area (Å²) < 4.78 is 1.88. The molecule has 1 aromatic carbocycles. The zero-order valence-electron chi connectivity index (χ0n) is 14.1. The quantitative estimate of drug-likeness (QED) is 0.742. The summed E-state index contributed by atoms with van der Waals surface area (Å²) in [6, 6.07) is 13.4. The van der Waals surface area contributed by atoms with Crippen molar-refractivity contribution in [1.29, 1.82) is 0 Å². The standard InChI is InChI=1S/C19H20N4O/c1-14-11-15(2)23(21-14)18-8-6-17(7-9-18)19(24)22(3)13-16-5-4-10-20-12-16/h4-12H,13H2,1-3H3. The lowest BCUT2D eigenvalue weighted by atomic mass is 10.1. The summed E-state index contributed by atoms with van der Waals surface area (Å²) in [4.78, 5) is 18.3. The molecule has 0 radical (unpaired) electrons. The van der Waals surface area contributed by atoms with E-state index in [9.17, 15) is 4.79 Å². The number of amides is 1. The smallest absolute Gasteiger partial charge is 0.253 e. The largest absolute Gasteiger partial charge is 0.337 e. The van der Waals surface area contributed by atoms with Gasteiger partial charge in [0, 0.05) is 37.2 Å². The number of benzene rings is 1. The fourth-order valence-electron chi connectivity index (χ4n) is 2.69. The Kier molecular flexibility index (Phi) is 4.42. The van der Waals surface area contributed by atoms with E-state index in [-0.39, 0.29) is 5.91 Å². The summed E-state index contributed by atoms with van der Waals surface area (Å²) in [6.45, 7) is 4.52. The molecule has 3 aromatic rings. The maximum atomic E-state index is 12.6. The zero-order chi connectivity index (χ0) is 17.1. The molecule has 0 fully saturated rings. The van der Waals surface area contributed by atoms with Crippen LogP contribution in [0.1, 0.15) is 27.3 Å². The number of aromatic nitrogens is 3. The molecular weight excluding hydrogens is 300 g/mol. The van der Waals surface area contributed by atoms with Crippen LogP contribution in [0.5, 0.6) is 0 Å². The first-order valence-electron chi connectivity index (χ1n) is 7.82. The Morgan fingerprint density at radius 2 is 1.92 bits per heavy atom. The van der Waals surface area contributed by atoms with Crippen LogP contribution < -0.4 is 0 Å². The third kappa shape index (κ3) is 3.35. The number of carbonyl (C=O) groups is 1. The van der Waals surface area contributed by atoms with Crippen molar-refractivity contribution in [2.75, 3.05) is 7.05 Å². The van der Waals surface area contributed by atoms with Crippen LogP contribution in [-0.4, -0.2) is 32.6 Å². The molecule has 1 amide bonds. The van der Waals surface area contributed by atoms with Gasteiger partial charge in [0.05, 0.1) is 11.4 Å². The average molecular weight is 320 g/mol. The van der Waals surface area contributed by atoms with Crippen LogP contribution in [0.25, 0.3) is 5.69 Å². The van der Waals surface area contributed by atoms with E-state index in [1.54, 1.807) is 24.3 Å². The van der Waals surface area contributed by atoms with Gasteiger partial charge >= 0.3 is 0 Å². The minimum absolute atomic E-state index is 0.0150. The molecule has 5 nitrogen and oxygen atoms in total. The van der Waals surface area contributed by atoms with Gasteiger partial charge in [-0.1, -0.05) is 6.07 Å². The zero-order valence-corrected chi connectivity index (χ0v) is 14.1. The van der Waals surface area contributed by atoms with Crippen LogP contribution in [0.15, 0.2) is 54.9 Å². The minimum Gasteiger partial charge on any atom is -0.337 e. The van der Waals surface area contributed by atoms with Gasteiger partial charge in [0.1, 0.15) is 0 Å². The Morgan fingerprint density at radius 1 is 1.17 bits per heavy atom. The van der Waals surface area contributed by atoms with E-state index >= 15 is 0 Å². The summed E-state index contributed by atoms with van der Waals surface area (Å²) in [5.41, 5.74) is 4.66. The molecule has 122 valence electrons. The summed E-state index contributed by atoms with van der Waals surface area (Å²) in [5.74, 6) is -0.0150. The van der Waals surface area contributed by atoms with Crippen LogP contribution in [0, 0.1) is 13.8 Å². The Balaban J connectivity index is 1.75. The maximum absolute atomic E-state index is 12.6. The van der Waals surface area contributed by atoms with Crippen molar-refractivity contribution in [2.24, 2.45) is 0 Å². The lowest BCUT2D eigenvalue weighted by Crippen LogP contribution is -2.26. The van der Waals surface area contributed by atoms with Gasteiger partial charge in [-0.25, -0.2) is 4.68 Å². The van der Waals surface area contributed by atoms with Crippen molar-refractivity contribution in [2.45, 2.75) is 20.4 Å². The topological polar surface area (TPSA) is 51.0 Å². The molecule has 3 rings (SSSR count). The summed E-state index contributed by atoms with van der Waals surface area (Å²) in [5, 5.41) is 4.46. The molecule has 0 aliphatic carbocycles. The lowest BCUT2D eigenvalue weighted by molar-refractivity contribution is 0.0785. The third-order valence-corrected chi connectivity index (χ3v) is 3.86. The highest BCUT2D eigenvalue weighted by Gasteiger charge is 2.13. The number of nitrogens with zero attached hydrogens (tertiary/aromatic N) is 4. The van der Waals surface area contributed by atoms with Crippen molar-refractivity contribution < 1.29 is 4.79 Å². The molecule has 2 heterocycles. The molecule has 0 spiro atoms. The van der Waals surface area contributed by atoms with Gasteiger partial charge in [0.25, 0.3) is 5.91 Å². The van der Waals surface area contributed by atoms with Crippen molar-refractivity contribution in [3.63, 3.8) is 0 Å². The maximum Gasteiger partial charge on any atom is 0.253 e.